The molecule has 1 aromatic heterocycles. The van der Waals surface area contributed by atoms with Crippen LogP contribution in [0.3, 0.4) is 0 Å². The lowest BCUT2D eigenvalue weighted by Gasteiger charge is -2.03. The highest BCUT2D eigenvalue weighted by atomic mass is 32.1. The molecule has 0 fully saturated rings. The zero-order valence-corrected chi connectivity index (χ0v) is 11.7. The molecule has 4 nitrogen and oxygen atoms in total. The number of nitrogens with two attached hydrogens (primary N) is 1. The Labute approximate surface area is 118 Å². The zero-order valence-electron chi connectivity index (χ0n) is 10.9. The van der Waals surface area contributed by atoms with Gasteiger partial charge in [0.15, 0.2) is 5.13 Å². The molecule has 0 bridgehead atoms. The third-order valence-electron chi connectivity index (χ3n) is 2.59. The number of benzene rings is 1. The third-order valence-corrected chi connectivity index (χ3v) is 3.39. The number of nitrogen functional groups attached to an aromatic ring is 1. The van der Waals surface area contributed by atoms with Crippen LogP contribution in [0.25, 0.3) is 11.3 Å². The van der Waals surface area contributed by atoms with E-state index >= 15 is 0 Å². The molecule has 20 heavy (non-hydrogen) atoms. The van der Waals surface area contributed by atoms with Crippen molar-refractivity contribution < 1.29 is 13.6 Å². The molecule has 0 aliphatic rings. The average molecular weight is 297 g/mol. The Morgan fingerprint density at radius 2 is 2.10 bits per heavy atom. The molecule has 3 N–H and O–H groups in total. The van der Waals surface area contributed by atoms with E-state index in [9.17, 15) is 13.6 Å². The summed E-state index contributed by atoms with van der Waals surface area (Å²) >= 11 is 1.02. The summed E-state index contributed by atoms with van der Waals surface area (Å²) in [6, 6.07) is 3.05. The van der Waals surface area contributed by atoms with Gasteiger partial charge >= 0.3 is 0 Å². The van der Waals surface area contributed by atoms with E-state index in [1.165, 1.54) is 0 Å². The molecular formula is C13H13F2N3OS. The van der Waals surface area contributed by atoms with E-state index in [1.807, 2.05) is 0 Å². The summed E-state index contributed by atoms with van der Waals surface area (Å²) < 4.78 is 26.9. The number of halogens is 2. The van der Waals surface area contributed by atoms with Gasteiger partial charge in [0.2, 0.25) is 5.91 Å². The molecule has 7 heteroatoms. The number of carbonyl (C=O) groups is 1. The molecule has 106 valence electrons. The van der Waals surface area contributed by atoms with Crippen LogP contribution >= 0.6 is 11.3 Å². The Morgan fingerprint density at radius 1 is 1.40 bits per heavy atom. The van der Waals surface area contributed by atoms with Crippen molar-refractivity contribution in [1.29, 1.82) is 0 Å². The summed E-state index contributed by atoms with van der Waals surface area (Å²) in [5.41, 5.74) is 5.87. The van der Waals surface area contributed by atoms with Gasteiger partial charge in [0, 0.05) is 11.5 Å². The topological polar surface area (TPSA) is 68.0 Å². The summed E-state index contributed by atoms with van der Waals surface area (Å²) in [6.07, 6.45) is 0. The fraction of sp³-hybridized carbons (Fsp3) is 0.231. The van der Waals surface area contributed by atoms with E-state index in [-0.39, 0.29) is 33.2 Å². The van der Waals surface area contributed by atoms with Crippen molar-refractivity contribution in [3.05, 3.63) is 29.8 Å². The summed E-state index contributed by atoms with van der Waals surface area (Å²) in [7, 11) is 0. The standard InChI is InChI=1S/C13H13F2N3OS/c1-6(2)12(19)18-13-17-10(11(16)20-13)8-5-7(14)3-4-9(8)15/h3-6H,16H2,1-2H3,(H,17,18,19). The third kappa shape index (κ3) is 2.93. The summed E-state index contributed by atoms with van der Waals surface area (Å²) in [5, 5.41) is 3.06. The molecule has 0 saturated carbocycles. The average Bonchev–Trinajstić information content (AvgIpc) is 2.73. The largest absolute Gasteiger partial charge is 0.389 e. The molecule has 0 saturated heterocycles. The molecule has 0 unspecified atom stereocenters. The maximum Gasteiger partial charge on any atom is 0.228 e. The van der Waals surface area contributed by atoms with Crippen molar-refractivity contribution in [3.8, 4) is 11.3 Å². The SMILES string of the molecule is CC(C)C(=O)Nc1nc(-c2cc(F)ccc2F)c(N)s1. The van der Waals surface area contributed by atoms with Gasteiger partial charge in [0.05, 0.1) is 0 Å². The van der Waals surface area contributed by atoms with Crippen LogP contribution in [0.2, 0.25) is 0 Å². The number of nitrogens with zero attached hydrogens (tertiary/aromatic N) is 1. The van der Waals surface area contributed by atoms with Gasteiger partial charge in [-0.25, -0.2) is 13.8 Å². The van der Waals surface area contributed by atoms with E-state index in [0.29, 0.717) is 0 Å². The highest BCUT2D eigenvalue weighted by molar-refractivity contribution is 7.20. The number of hydrogen-bond acceptors (Lipinski definition) is 4. The Morgan fingerprint density at radius 3 is 2.75 bits per heavy atom. The van der Waals surface area contributed by atoms with Gasteiger partial charge in [-0.15, -0.1) is 0 Å². The number of amides is 1. The van der Waals surface area contributed by atoms with Gasteiger partial charge in [-0.05, 0) is 18.2 Å². The first-order valence-electron chi connectivity index (χ1n) is 5.91. The number of nitrogens with one attached hydrogen (secondary N) is 1. The lowest BCUT2D eigenvalue weighted by Crippen LogP contribution is -2.17. The van der Waals surface area contributed by atoms with Crippen LogP contribution in [0.5, 0.6) is 0 Å². The fourth-order valence-electron chi connectivity index (χ4n) is 1.51. The van der Waals surface area contributed by atoms with Crippen LogP contribution in [-0.2, 0) is 4.79 Å². The fourth-order valence-corrected chi connectivity index (χ4v) is 2.26. The minimum absolute atomic E-state index is 0.0243. The maximum absolute atomic E-state index is 13.7. The van der Waals surface area contributed by atoms with Crippen LogP contribution < -0.4 is 11.1 Å². The van der Waals surface area contributed by atoms with E-state index in [2.05, 4.69) is 10.3 Å². The number of rotatable bonds is 3. The number of carbonyl (C=O) groups excluding carboxylic acids is 1. The molecule has 0 radical (unpaired) electrons. The number of aromatic nitrogens is 1. The van der Waals surface area contributed by atoms with Gasteiger partial charge < -0.3 is 11.1 Å². The Kier molecular flexibility index (Phi) is 3.99. The molecule has 0 atom stereocenters. The van der Waals surface area contributed by atoms with Gasteiger partial charge in [-0.1, -0.05) is 25.2 Å². The van der Waals surface area contributed by atoms with E-state index in [0.717, 1.165) is 29.5 Å². The second-order valence-corrected chi connectivity index (χ2v) is 5.53. The van der Waals surface area contributed by atoms with Gasteiger partial charge in [0.25, 0.3) is 0 Å². The van der Waals surface area contributed by atoms with Crippen LogP contribution in [-0.4, -0.2) is 10.9 Å². The molecule has 2 aromatic rings. The van der Waals surface area contributed by atoms with Crippen molar-refractivity contribution >= 4 is 27.4 Å². The minimum atomic E-state index is -0.620. The van der Waals surface area contributed by atoms with Crippen molar-refractivity contribution in [1.82, 2.24) is 4.98 Å². The Bertz CT molecular complexity index is 655. The van der Waals surface area contributed by atoms with Crippen LogP contribution in [0.4, 0.5) is 18.9 Å². The predicted molar refractivity (Wildman–Crippen MR) is 75.3 cm³/mol. The lowest BCUT2D eigenvalue weighted by molar-refractivity contribution is -0.118. The van der Waals surface area contributed by atoms with Crippen molar-refractivity contribution in [3.63, 3.8) is 0 Å². The highest BCUT2D eigenvalue weighted by Crippen LogP contribution is 2.35. The first kappa shape index (κ1) is 14.4. The van der Waals surface area contributed by atoms with Gasteiger partial charge in [0.1, 0.15) is 22.3 Å². The molecule has 1 amide bonds. The van der Waals surface area contributed by atoms with Crippen molar-refractivity contribution in [2.45, 2.75) is 13.8 Å². The van der Waals surface area contributed by atoms with E-state index in [1.54, 1.807) is 13.8 Å². The normalized spacial score (nSPS) is 10.8. The monoisotopic (exact) mass is 297 g/mol. The Hall–Kier alpha value is -2.02. The van der Waals surface area contributed by atoms with E-state index < -0.39 is 11.6 Å². The molecule has 0 aliphatic heterocycles. The van der Waals surface area contributed by atoms with Crippen molar-refractivity contribution in [2.24, 2.45) is 5.92 Å². The first-order valence-corrected chi connectivity index (χ1v) is 6.72. The second-order valence-electron chi connectivity index (χ2n) is 4.50. The quantitative estimate of drug-likeness (QED) is 0.913. The summed E-state index contributed by atoms with van der Waals surface area (Å²) in [4.78, 5) is 15.6. The molecule has 0 aliphatic carbocycles. The van der Waals surface area contributed by atoms with Crippen LogP contribution in [0, 0.1) is 17.6 Å². The van der Waals surface area contributed by atoms with Crippen LogP contribution in [0.15, 0.2) is 18.2 Å². The second kappa shape index (κ2) is 5.54. The van der Waals surface area contributed by atoms with Gasteiger partial charge in [-0.2, -0.15) is 0 Å². The van der Waals surface area contributed by atoms with E-state index in [4.69, 9.17) is 5.73 Å². The Balaban J connectivity index is 2.36. The number of anilines is 2. The van der Waals surface area contributed by atoms with Crippen molar-refractivity contribution in [2.75, 3.05) is 11.1 Å². The molecule has 1 heterocycles. The predicted octanol–water partition coefficient (Wildman–Crippen LogP) is 3.27. The molecule has 1 aromatic carbocycles. The smallest absolute Gasteiger partial charge is 0.228 e. The molecular weight excluding hydrogens is 284 g/mol. The zero-order chi connectivity index (χ0) is 14.9. The summed E-state index contributed by atoms with van der Waals surface area (Å²) in [5.74, 6) is -1.63. The first-order chi connectivity index (χ1) is 9.38. The lowest BCUT2D eigenvalue weighted by atomic mass is 10.1. The number of hydrogen-bond donors (Lipinski definition) is 2. The summed E-state index contributed by atoms with van der Waals surface area (Å²) in [6.45, 7) is 3.47. The van der Waals surface area contributed by atoms with Gasteiger partial charge in [-0.3, -0.25) is 4.79 Å². The highest BCUT2D eigenvalue weighted by Gasteiger charge is 2.17. The minimum Gasteiger partial charge on any atom is -0.389 e. The maximum atomic E-state index is 13.7. The van der Waals surface area contributed by atoms with Crippen LogP contribution in [0.1, 0.15) is 13.8 Å². The number of thiazole rings is 1. The molecule has 0 spiro atoms. The molecule has 2 rings (SSSR count).